The van der Waals surface area contributed by atoms with Crippen molar-refractivity contribution in [3.63, 3.8) is 0 Å². The summed E-state index contributed by atoms with van der Waals surface area (Å²) in [4.78, 5) is 7.56. The van der Waals surface area contributed by atoms with E-state index in [0.717, 1.165) is 12.1 Å². The van der Waals surface area contributed by atoms with E-state index in [2.05, 4.69) is 71.0 Å². The van der Waals surface area contributed by atoms with Crippen LogP contribution in [0.5, 0.6) is 0 Å². The molecule has 2 unspecified atom stereocenters. The Morgan fingerprint density at radius 1 is 0.880 bits per heavy atom. The number of benzene rings is 2. The van der Waals surface area contributed by atoms with Crippen molar-refractivity contribution < 1.29 is 0 Å². The molecule has 3 nitrogen and oxygen atoms in total. The highest BCUT2D eigenvalue weighted by molar-refractivity contribution is 5.76. The maximum absolute atomic E-state index is 4.79. The molecule has 0 spiro atoms. The first kappa shape index (κ1) is 15.2. The van der Waals surface area contributed by atoms with Crippen molar-refractivity contribution in [3.8, 4) is 0 Å². The smallest absolute Gasteiger partial charge is 0.106 e. The lowest BCUT2D eigenvalue weighted by molar-refractivity contribution is 0.0999. The van der Waals surface area contributed by atoms with Gasteiger partial charge >= 0.3 is 0 Å². The standard InChI is InChI=1S/C22H25N3/c1-16-23-21-9-5-6-10-22(21)25(16)20-13-18-11-12-19(14-20)24(18)15-17-7-3-2-4-8-17/h2-10,18-20H,11-15H2,1H3. The predicted octanol–water partition coefficient (Wildman–Crippen LogP) is 4.71. The Labute approximate surface area is 149 Å². The number of nitrogens with zero attached hydrogens (tertiary/aromatic N) is 3. The van der Waals surface area contributed by atoms with Crippen molar-refractivity contribution in [1.82, 2.24) is 14.5 Å². The molecule has 2 saturated heterocycles. The van der Waals surface area contributed by atoms with Crippen LogP contribution in [0.25, 0.3) is 11.0 Å². The van der Waals surface area contributed by atoms with Crippen LogP contribution in [-0.2, 0) is 6.54 Å². The van der Waals surface area contributed by atoms with Crippen molar-refractivity contribution in [2.75, 3.05) is 0 Å². The van der Waals surface area contributed by atoms with Crippen LogP contribution in [0.1, 0.15) is 43.1 Å². The van der Waals surface area contributed by atoms with E-state index in [0.29, 0.717) is 18.1 Å². The van der Waals surface area contributed by atoms with Gasteiger partial charge in [-0.25, -0.2) is 4.98 Å². The highest BCUT2D eigenvalue weighted by Crippen LogP contribution is 2.42. The van der Waals surface area contributed by atoms with E-state index >= 15 is 0 Å². The first-order valence-corrected chi connectivity index (χ1v) is 9.53. The van der Waals surface area contributed by atoms with Gasteiger partial charge in [-0.15, -0.1) is 0 Å². The van der Waals surface area contributed by atoms with Gasteiger partial charge in [-0.05, 0) is 50.3 Å². The predicted molar refractivity (Wildman–Crippen MR) is 102 cm³/mol. The summed E-state index contributed by atoms with van der Waals surface area (Å²) in [5, 5.41) is 0. The number of para-hydroxylation sites is 2. The Hall–Kier alpha value is -2.13. The van der Waals surface area contributed by atoms with E-state index in [-0.39, 0.29) is 0 Å². The summed E-state index contributed by atoms with van der Waals surface area (Å²) < 4.78 is 2.51. The number of fused-ring (bicyclic) bond motifs is 3. The van der Waals surface area contributed by atoms with Gasteiger partial charge in [0.25, 0.3) is 0 Å². The van der Waals surface area contributed by atoms with E-state index < -0.39 is 0 Å². The average Bonchev–Trinajstić information content (AvgIpc) is 3.07. The third kappa shape index (κ3) is 2.58. The highest BCUT2D eigenvalue weighted by Gasteiger charge is 2.41. The quantitative estimate of drug-likeness (QED) is 0.693. The first-order valence-electron chi connectivity index (χ1n) is 9.53. The van der Waals surface area contributed by atoms with Crippen LogP contribution in [-0.4, -0.2) is 26.5 Å². The molecule has 5 rings (SSSR count). The second-order valence-electron chi connectivity index (χ2n) is 7.69. The lowest BCUT2D eigenvalue weighted by atomic mass is 9.96. The van der Waals surface area contributed by atoms with Crippen molar-refractivity contribution in [1.29, 1.82) is 0 Å². The molecule has 25 heavy (non-hydrogen) atoms. The lowest BCUT2D eigenvalue weighted by Gasteiger charge is -2.40. The zero-order valence-electron chi connectivity index (χ0n) is 14.8. The minimum atomic E-state index is 0.594. The summed E-state index contributed by atoms with van der Waals surface area (Å²) >= 11 is 0. The molecule has 0 aliphatic carbocycles. The summed E-state index contributed by atoms with van der Waals surface area (Å²) in [5.41, 5.74) is 3.89. The molecule has 2 atom stereocenters. The van der Waals surface area contributed by atoms with Gasteiger partial charge in [0, 0.05) is 24.7 Å². The summed E-state index contributed by atoms with van der Waals surface area (Å²) in [6.45, 7) is 3.27. The van der Waals surface area contributed by atoms with Gasteiger partial charge in [0.2, 0.25) is 0 Å². The van der Waals surface area contributed by atoms with Crippen molar-refractivity contribution in [2.45, 2.75) is 57.3 Å². The van der Waals surface area contributed by atoms with Crippen molar-refractivity contribution >= 4 is 11.0 Å². The summed E-state index contributed by atoms with van der Waals surface area (Å²) in [5.74, 6) is 1.17. The van der Waals surface area contributed by atoms with Gasteiger partial charge in [-0.3, -0.25) is 4.90 Å². The third-order valence-electron chi connectivity index (χ3n) is 6.20. The largest absolute Gasteiger partial charge is 0.325 e. The van der Waals surface area contributed by atoms with Crippen LogP contribution in [0.3, 0.4) is 0 Å². The maximum atomic E-state index is 4.79. The molecule has 0 radical (unpaired) electrons. The van der Waals surface area contributed by atoms with Crippen molar-refractivity contribution in [2.24, 2.45) is 0 Å². The summed E-state index contributed by atoms with van der Waals surface area (Å²) in [6, 6.07) is 21.6. The van der Waals surface area contributed by atoms with Crippen molar-refractivity contribution in [3.05, 3.63) is 66.0 Å². The van der Waals surface area contributed by atoms with Gasteiger partial charge in [-0.2, -0.15) is 0 Å². The zero-order chi connectivity index (χ0) is 16.8. The van der Waals surface area contributed by atoms with Crippen LogP contribution in [0, 0.1) is 6.92 Å². The number of aromatic nitrogens is 2. The molecule has 2 aromatic carbocycles. The number of piperidine rings is 1. The second kappa shape index (κ2) is 5.99. The SMILES string of the molecule is Cc1nc2ccccc2n1C1CC2CCC(C1)N2Cc1ccccc1. The van der Waals surface area contributed by atoms with Crippen LogP contribution in [0.2, 0.25) is 0 Å². The molecular formula is C22H25N3. The van der Waals surface area contributed by atoms with E-state index in [9.17, 15) is 0 Å². The molecule has 3 heteroatoms. The number of aryl methyl sites for hydroxylation is 1. The molecule has 128 valence electrons. The van der Waals surface area contributed by atoms with Gasteiger partial charge in [0.1, 0.15) is 5.82 Å². The Bertz CT molecular complexity index is 869. The molecule has 2 bridgehead atoms. The van der Waals surface area contributed by atoms with E-state index in [1.807, 2.05) is 0 Å². The number of imidazole rings is 1. The Balaban J connectivity index is 1.42. The molecule has 3 aromatic rings. The van der Waals surface area contributed by atoms with Gasteiger partial charge in [0.05, 0.1) is 11.0 Å². The molecule has 2 aliphatic heterocycles. The molecule has 0 amide bonds. The van der Waals surface area contributed by atoms with Crippen LogP contribution >= 0.6 is 0 Å². The lowest BCUT2D eigenvalue weighted by Crippen LogP contribution is -2.42. The number of rotatable bonds is 3. The molecule has 2 aliphatic rings. The molecule has 0 N–H and O–H groups in total. The monoisotopic (exact) mass is 331 g/mol. The molecule has 2 fully saturated rings. The average molecular weight is 331 g/mol. The summed E-state index contributed by atoms with van der Waals surface area (Å²) in [6.07, 6.45) is 5.20. The first-order chi connectivity index (χ1) is 12.3. The molecule has 3 heterocycles. The van der Waals surface area contributed by atoms with Gasteiger partial charge in [0.15, 0.2) is 0 Å². The fraction of sp³-hybridized carbons (Fsp3) is 0.409. The Kier molecular flexibility index (Phi) is 3.63. The fourth-order valence-corrected chi connectivity index (χ4v) is 5.13. The maximum Gasteiger partial charge on any atom is 0.106 e. The van der Waals surface area contributed by atoms with Crippen LogP contribution in [0.4, 0.5) is 0 Å². The van der Waals surface area contributed by atoms with Gasteiger partial charge in [-0.1, -0.05) is 42.5 Å². The Morgan fingerprint density at radius 2 is 1.56 bits per heavy atom. The third-order valence-corrected chi connectivity index (χ3v) is 6.20. The summed E-state index contributed by atoms with van der Waals surface area (Å²) in [7, 11) is 0. The van der Waals surface area contributed by atoms with E-state index in [1.54, 1.807) is 0 Å². The van der Waals surface area contributed by atoms with Crippen LogP contribution in [0.15, 0.2) is 54.6 Å². The molecule has 1 aromatic heterocycles. The highest BCUT2D eigenvalue weighted by atomic mass is 15.2. The number of hydrogen-bond donors (Lipinski definition) is 0. The van der Waals surface area contributed by atoms with E-state index in [1.165, 1.54) is 42.6 Å². The molecular weight excluding hydrogens is 306 g/mol. The number of hydrogen-bond acceptors (Lipinski definition) is 2. The van der Waals surface area contributed by atoms with Crippen LogP contribution < -0.4 is 0 Å². The normalized spacial score (nSPS) is 26.4. The minimum absolute atomic E-state index is 0.594. The topological polar surface area (TPSA) is 21.1 Å². The molecule has 0 saturated carbocycles. The fourth-order valence-electron chi connectivity index (χ4n) is 5.13. The zero-order valence-corrected chi connectivity index (χ0v) is 14.8. The Morgan fingerprint density at radius 3 is 2.32 bits per heavy atom. The van der Waals surface area contributed by atoms with Gasteiger partial charge < -0.3 is 4.57 Å². The minimum Gasteiger partial charge on any atom is -0.325 e. The second-order valence-corrected chi connectivity index (χ2v) is 7.69. The van der Waals surface area contributed by atoms with E-state index in [4.69, 9.17) is 4.98 Å².